The molecule has 4 rings (SSSR count). The molecule has 0 aliphatic heterocycles. The molecule has 144 valence electrons. The third-order valence-electron chi connectivity index (χ3n) is 4.24. The average Bonchev–Trinajstić information content (AvgIpc) is 3.20. The highest BCUT2D eigenvalue weighted by molar-refractivity contribution is 7.19. The number of rotatable bonds is 6. The van der Waals surface area contributed by atoms with Gasteiger partial charge in [-0.05, 0) is 31.5 Å². The number of thiazole rings is 1. The first kappa shape index (κ1) is 18.7. The van der Waals surface area contributed by atoms with E-state index in [9.17, 15) is 9.59 Å². The van der Waals surface area contributed by atoms with Crippen LogP contribution >= 0.6 is 22.7 Å². The van der Waals surface area contributed by atoms with Crippen LogP contribution in [-0.2, 0) is 27.5 Å². The Hall–Kier alpha value is -2.62. The minimum Gasteiger partial charge on any atom is -0.456 e. The number of benzene rings is 1. The molecule has 9 heteroatoms. The molecule has 0 saturated carbocycles. The van der Waals surface area contributed by atoms with Gasteiger partial charge in [-0.25, -0.2) is 14.8 Å². The molecule has 1 aromatic carbocycles. The number of fused-ring (bicyclic) bond motifs is 2. The summed E-state index contributed by atoms with van der Waals surface area (Å²) >= 11 is 2.98. The lowest BCUT2D eigenvalue weighted by Crippen LogP contribution is -2.16. The molecule has 1 N–H and O–H groups in total. The highest BCUT2D eigenvalue weighted by Gasteiger charge is 2.13. The van der Waals surface area contributed by atoms with Gasteiger partial charge < -0.3 is 14.5 Å². The number of hydrogen-bond acceptors (Lipinski definition) is 8. The van der Waals surface area contributed by atoms with Crippen molar-refractivity contribution in [3.05, 3.63) is 55.9 Å². The second kappa shape index (κ2) is 7.78. The van der Waals surface area contributed by atoms with Crippen LogP contribution in [0.2, 0.25) is 0 Å². The zero-order chi connectivity index (χ0) is 19.7. The Balaban J connectivity index is 1.32. The summed E-state index contributed by atoms with van der Waals surface area (Å²) in [5, 5.41) is 1.39. The van der Waals surface area contributed by atoms with Gasteiger partial charge in [-0.3, -0.25) is 4.79 Å². The molecule has 0 saturated heterocycles. The summed E-state index contributed by atoms with van der Waals surface area (Å²) in [6.07, 6.45) is 0. The Kier molecular flexibility index (Phi) is 5.21. The van der Waals surface area contributed by atoms with Crippen LogP contribution < -0.4 is 5.56 Å². The lowest BCUT2D eigenvalue weighted by Gasteiger charge is -2.05. The molecule has 4 aromatic rings. The lowest BCUT2D eigenvalue weighted by molar-refractivity contribution is -0.151. The van der Waals surface area contributed by atoms with Crippen molar-refractivity contribution in [1.82, 2.24) is 15.0 Å². The van der Waals surface area contributed by atoms with Crippen LogP contribution in [0.4, 0.5) is 0 Å². The minimum atomic E-state index is -0.526. The molecule has 0 bridgehead atoms. The fourth-order valence-electron chi connectivity index (χ4n) is 2.76. The molecule has 0 unspecified atom stereocenters. The van der Waals surface area contributed by atoms with E-state index in [1.54, 1.807) is 0 Å². The SMILES string of the molecule is Cc1sc2nc(COC(=O)COCc3nc4ccccc4s3)[nH]c(=O)c2c1C. The number of H-pyrrole nitrogens is 1. The Labute approximate surface area is 168 Å². The first-order valence-corrected chi connectivity index (χ1v) is 10.2. The van der Waals surface area contributed by atoms with Crippen LogP contribution in [-0.4, -0.2) is 27.5 Å². The number of aryl methyl sites for hydroxylation is 2. The van der Waals surface area contributed by atoms with Crippen molar-refractivity contribution in [3.8, 4) is 0 Å². The Morgan fingerprint density at radius 3 is 2.79 bits per heavy atom. The molecule has 3 heterocycles. The highest BCUT2D eigenvalue weighted by atomic mass is 32.1. The maximum atomic E-state index is 12.2. The van der Waals surface area contributed by atoms with Crippen molar-refractivity contribution in [2.75, 3.05) is 6.61 Å². The number of carbonyl (C=O) groups is 1. The molecule has 0 radical (unpaired) electrons. The summed E-state index contributed by atoms with van der Waals surface area (Å²) < 4.78 is 11.6. The van der Waals surface area contributed by atoms with Crippen LogP contribution in [0.5, 0.6) is 0 Å². The maximum Gasteiger partial charge on any atom is 0.332 e. The molecule has 0 atom stereocenters. The molecule has 0 spiro atoms. The van der Waals surface area contributed by atoms with Crippen LogP contribution in [0.3, 0.4) is 0 Å². The van der Waals surface area contributed by atoms with Gasteiger partial charge in [0.05, 0.1) is 22.2 Å². The molecular formula is C19H17N3O4S2. The van der Waals surface area contributed by atoms with Crippen molar-refractivity contribution in [2.24, 2.45) is 0 Å². The fourth-order valence-corrected chi connectivity index (χ4v) is 4.72. The second-order valence-electron chi connectivity index (χ2n) is 6.20. The number of esters is 1. The standard InChI is InChI=1S/C19H17N3O4S2/c1-10-11(2)27-19-17(10)18(24)21-14(22-19)7-26-16(23)9-25-8-15-20-12-5-3-4-6-13(12)28-15/h3-6H,7-9H2,1-2H3,(H,21,22,24). The number of ether oxygens (including phenoxy) is 2. The van der Waals surface area contributed by atoms with Gasteiger partial charge in [0.15, 0.2) is 0 Å². The predicted molar refractivity (Wildman–Crippen MR) is 109 cm³/mol. The van der Waals surface area contributed by atoms with Crippen molar-refractivity contribution >= 4 is 49.1 Å². The number of hydrogen-bond donors (Lipinski definition) is 1. The first-order chi connectivity index (χ1) is 13.5. The van der Waals surface area contributed by atoms with Crippen LogP contribution in [0.1, 0.15) is 21.3 Å². The molecule has 0 aliphatic rings. The van der Waals surface area contributed by atoms with Crippen molar-refractivity contribution in [2.45, 2.75) is 27.1 Å². The van der Waals surface area contributed by atoms with Gasteiger partial charge in [-0.2, -0.15) is 0 Å². The zero-order valence-electron chi connectivity index (χ0n) is 15.3. The normalized spacial score (nSPS) is 11.4. The Bertz CT molecular complexity index is 1190. The summed E-state index contributed by atoms with van der Waals surface area (Å²) in [7, 11) is 0. The smallest absolute Gasteiger partial charge is 0.332 e. The molecule has 28 heavy (non-hydrogen) atoms. The molecule has 0 fully saturated rings. The van der Waals surface area contributed by atoms with E-state index in [2.05, 4.69) is 15.0 Å². The van der Waals surface area contributed by atoms with E-state index in [0.717, 1.165) is 25.7 Å². The van der Waals surface area contributed by atoms with Crippen molar-refractivity contribution in [1.29, 1.82) is 0 Å². The summed E-state index contributed by atoms with van der Waals surface area (Å²) in [5.74, 6) is -0.208. The summed E-state index contributed by atoms with van der Waals surface area (Å²) in [6, 6.07) is 7.81. The van der Waals surface area contributed by atoms with E-state index >= 15 is 0 Å². The zero-order valence-corrected chi connectivity index (χ0v) is 16.9. The number of aromatic nitrogens is 3. The first-order valence-electron chi connectivity index (χ1n) is 8.58. The van der Waals surface area contributed by atoms with Gasteiger partial charge >= 0.3 is 5.97 Å². The van der Waals surface area contributed by atoms with Crippen LogP contribution in [0.25, 0.3) is 20.4 Å². The Morgan fingerprint density at radius 2 is 1.96 bits per heavy atom. The summed E-state index contributed by atoms with van der Waals surface area (Å²) in [4.78, 5) is 37.3. The van der Waals surface area contributed by atoms with Gasteiger partial charge in [0, 0.05) is 4.88 Å². The molecule has 7 nitrogen and oxygen atoms in total. The number of para-hydroxylation sites is 1. The van der Waals surface area contributed by atoms with Gasteiger partial charge in [0.2, 0.25) is 0 Å². The average molecular weight is 415 g/mol. The molecule has 0 aliphatic carbocycles. The molecular weight excluding hydrogens is 398 g/mol. The Morgan fingerprint density at radius 1 is 1.14 bits per heavy atom. The van der Waals surface area contributed by atoms with E-state index in [1.165, 1.54) is 22.7 Å². The number of nitrogens with zero attached hydrogens (tertiary/aromatic N) is 2. The van der Waals surface area contributed by atoms with E-state index in [-0.39, 0.29) is 25.4 Å². The summed E-state index contributed by atoms with van der Waals surface area (Å²) in [6.45, 7) is 3.78. The predicted octanol–water partition coefficient (Wildman–Crippen LogP) is 3.47. The molecule has 0 amide bonds. The van der Waals surface area contributed by atoms with E-state index in [4.69, 9.17) is 9.47 Å². The lowest BCUT2D eigenvalue weighted by atomic mass is 10.2. The third kappa shape index (κ3) is 3.82. The van der Waals surface area contributed by atoms with Crippen LogP contribution in [0, 0.1) is 13.8 Å². The topological polar surface area (TPSA) is 94.2 Å². The number of thiophene rings is 1. The monoisotopic (exact) mass is 415 g/mol. The van der Waals surface area contributed by atoms with Gasteiger partial charge in [0.25, 0.3) is 5.56 Å². The minimum absolute atomic E-state index is 0.107. The largest absolute Gasteiger partial charge is 0.456 e. The fraction of sp³-hybridized carbons (Fsp3) is 0.263. The van der Waals surface area contributed by atoms with E-state index < -0.39 is 5.97 Å². The quantitative estimate of drug-likeness (QED) is 0.485. The number of carbonyl (C=O) groups excluding carboxylic acids is 1. The van der Waals surface area contributed by atoms with E-state index in [1.807, 2.05) is 38.1 Å². The third-order valence-corrected chi connectivity index (χ3v) is 6.35. The maximum absolute atomic E-state index is 12.2. The van der Waals surface area contributed by atoms with Crippen molar-refractivity contribution in [3.63, 3.8) is 0 Å². The van der Waals surface area contributed by atoms with Gasteiger partial charge in [-0.15, -0.1) is 22.7 Å². The second-order valence-corrected chi connectivity index (χ2v) is 8.52. The van der Waals surface area contributed by atoms with E-state index in [0.29, 0.717) is 16.0 Å². The van der Waals surface area contributed by atoms with Gasteiger partial charge in [-0.1, -0.05) is 12.1 Å². The van der Waals surface area contributed by atoms with Gasteiger partial charge in [0.1, 0.15) is 28.9 Å². The highest BCUT2D eigenvalue weighted by Crippen LogP contribution is 2.25. The molecule has 3 aromatic heterocycles. The number of aromatic amines is 1. The van der Waals surface area contributed by atoms with Crippen LogP contribution in [0.15, 0.2) is 29.1 Å². The van der Waals surface area contributed by atoms with Crippen molar-refractivity contribution < 1.29 is 14.3 Å². The number of nitrogens with one attached hydrogen (secondary N) is 1. The summed E-state index contributed by atoms with van der Waals surface area (Å²) in [5.41, 5.74) is 1.63.